The van der Waals surface area contributed by atoms with E-state index in [-0.39, 0.29) is 61.1 Å². The maximum absolute atomic E-state index is 9.95. The van der Waals surface area contributed by atoms with E-state index in [2.05, 4.69) is 133 Å². The van der Waals surface area contributed by atoms with Crippen LogP contribution in [-0.4, -0.2) is 147 Å². The average molecular weight is 1220 g/mol. The molecule has 0 aliphatic carbocycles. The summed E-state index contributed by atoms with van der Waals surface area (Å²) in [5.41, 5.74) is 2.66. The van der Waals surface area contributed by atoms with Gasteiger partial charge >= 0.3 is 12.0 Å². The van der Waals surface area contributed by atoms with Crippen molar-refractivity contribution in [2.75, 3.05) is 39.6 Å². The second-order valence-corrected chi connectivity index (χ2v) is 39.9. The number of aliphatic hydroxyl groups excluding tert-OH is 1. The Hall–Kier alpha value is -0.789. The van der Waals surface area contributed by atoms with E-state index in [4.69, 9.17) is 70.5 Å². The van der Waals surface area contributed by atoms with Gasteiger partial charge in [-0.05, 0) is 87.5 Å². The third-order valence-corrected chi connectivity index (χ3v) is 23.1. The SMILES string of the molecule is CC(C)(C)[Si](C)(C)O[C@@H]1CO[C@H]2[C@@H]1OC[C@H]2Oc1nc2cc(Cl)c(I)nc2n1COCC[Si](C)(C)C.C[Si](C)(C)CCOCn1c(O[C@@H]2CO[C@H]3[C@@H]2OC[C@H]3O)nc2cc(Cl)c(I)nc21. The third-order valence-electron chi connectivity index (χ3n) is 12.3. The van der Waals surface area contributed by atoms with Gasteiger partial charge in [0, 0.05) is 29.4 Å². The fourth-order valence-electron chi connectivity index (χ4n) is 7.45. The summed E-state index contributed by atoms with van der Waals surface area (Å²) >= 11 is 16.8. The molecule has 0 unspecified atom stereocenters. The van der Waals surface area contributed by atoms with Gasteiger partial charge in [-0.1, -0.05) is 83.3 Å². The number of pyridine rings is 2. The van der Waals surface area contributed by atoms with Crippen LogP contribution in [0.2, 0.25) is 79.5 Å². The van der Waals surface area contributed by atoms with E-state index in [0.717, 1.165) is 12.1 Å². The fourth-order valence-corrected chi connectivity index (χ4v) is 11.3. The molecule has 0 aromatic carbocycles. The molecule has 4 aromatic heterocycles. The van der Waals surface area contributed by atoms with Gasteiger partial charge in [0.15, 0.2) is 31.8 Å². The van der Waals surface area contributed by atoms with Crippen LogP contribution in [0.15, 0.2) is 12.1 Å². The van der Waals surface area contributed by atoms with Crippen LogP contribution in [-0.2, 0) is 46.3 Å². The van der Waals surface area contributed by atoms with Crippen LogP contribution >= 0.6 is 68.4 Å². The zero-order chi connectivity index (χ0) is 47.2. The predicted octanol–water partition coefficient (Wildman–Crippen LogP) is 8.84. The van der Waals surface area contributed by atoms with Crippen LogP contribution in [0.25, 0.3) is 22.3 Å². The molecule has 0 radical (unpaired) electrons. The minimum atomic E-state index is -1.95. The molecule has 8 heterocycles. The van der Waals surface area contributed by atoms with E-state index in [1.807, 2.05) is 15.2 Å². The summed E-state index contributed by atoms with van der Waals surface area (Å²) in [5.74, 6) is 0. The lowest BCUT2D eigenvalue weighted by atomic mass is 10.1. The Bertz CT molecular complexity index is 2290. The first-order valence-electron chi connectivity index (χ1n) is 22.1. The van der Waals surface area contributed by atoms with Crippen molar-refractivity contribution in [1.29, 1.82) is 0 Å². The molecule has 4 fully saturated rings. The van der Waals surface area contributed by atoms with Gasteiger partial charge < -0.3 is 47.4 Å². The van der Waals surface area contributed by atoms with Crippen molar-refractivity contribution < 1.29 is 47.4 Å². The molecule has 8 atom stereocenters. The number of imidazole rings is 2. The number of rotatable bonds is 16. The molecule has 23 heteroatoms. The minimum Gasteiger partial charge on any atom is -0.456 e. The number of aliphatic hydroxyl groups is 1. The maximum atomic E-state index is 9.95. The second-order valence-electron chi connectivity index (χ2n) is 21.0. The number of halogens is 4. The van der Waals surface area contributed by atoms with Crippen molar-refractivity contribution in [1.82, 2.24) is 29.1 Å². The van der Waals surface area contributed by atoms with Crippen LogP contribution in [0.1, 0.15) is 20.8 Å². The highest BCUT2D eigenvalue weighted by molar-refractivity contribution is 14.1. The van der Waals surface area contributed by atoms with Crippen molar-refractivity contribution in [3.63, 3.8) is 0 Å². The van der Waals surface area contributed by atoms with Gasteiger partial charge in [-0.3, -0.25) is 9.13 Å². The molecule has 0 amide bonds. The van der Waals surface area contributed by atoms with Crippen molar-refractivity contribution in [3.8, 4) is 12.0 Å². The van der Waals surface area contributed by atoms with E-state index < -0.39 is 30.6 Å². The molecule has 0 spiro atoms. The maximum Gasteiger partial charge on any atom is 0.301 e. The first-order chi connectivity index (χ1) is 30.4. The number of ether oxygens (including phenoxy) is 8. The summed E-state index contributed by atoms with van der Waals surface area (Å²) in [6.07, 6.45) is -2.41. The Balaban J connectivity index is 0.000000198. The zero-order valence-electron chi connectivity index (χ0n) is 39.2. The summed E-state index contributed by atoms with van der Waals surface area (Å²) in [6, 6.07) is 6.57. The lowest BCUT2D eigenvalue weighted by Gasteiger charge is -2.39. The van der Waals surface area contributed by atoms with Gasteiger partial charge in [0.25, 0.3) is 0 Å². The van der Waals surface area contributed by atoms with Gasteiger partial charge in [0.2, 0.25) is 0 Å². The van der Waals surface area contributed by atoms with Crippen molar-refractivity contribution >= 4 is 115 Å². The topological polar surface area (TPSA) is 165 Å². The third kappa shape index (κ3) is 12.6. The van der Waals surface area contributed by atoms with Crippen LogP contribution in [0.3, 0.4) is 0 Å². The quantitative estimate of drug-likeness (QED) is 0.0490. The molecular weight excluding hydrogens is 1160 g/mol. The molecule has 65 heavy (non-hydrogen) atoms. The highest BCUT2D eigenvalue weighted by Gasteiger charge is 2.53. The lowest BCUT2D eigenvalue weighted by molar-refractivity contribution is 0.00336. The second kappa shape index (κ2) is 20.9. The van der Waals surface area contributed by atoms with E-state index >= 15 is 0 Å². The number of nitrogens with zero attached hydrogens (tertiary/aromatic N) is 6. The smallest absolute Gasteiger partial charge is 0.301 e. The van der Waals surface area contributed by atoms with Gasteiger partial charge in [-0.15, -0.1) is 0 Å². The summed E-state index contributed by atoms with van der Waals surface area (Å²) < 4.78 is 60.0. The Morgan fingerprint density at radius 3 is 1.49 bits per heavy atom. The summed E-state index contributed by atoms with van der Waals surface area (Å²) in [5, 5.41) is 11.2. The monoisotopic (exact) mass is 1220 g/mol. The van der Waals surface area contributed by atoms with E-state index in [0.29, 0.717) is 91.6 Å². The van der Waals surface area contributed by atoms with Crippen LogP contribution in [0, 0.1) is 7.40 Å². The average Bonchev–Trinajstić information content (AvgIpc) is 4.05. The van der Waals surface area contributed by atoms with Gasteiger partial charge in [-0.2, -0.15) is 9.97 Å². The first-order valence-corrected chi connectivity index (χ1v) is 35.4. The molecule has 0 saturated carbocycles. The lowest BCUT2D eigenvalue weighted by Crippen LogP contribution is -2.47. The Kier molecular flexibility index (Phi) is 16.7. The molecule has 16 nitrogen and oxygen atoms in total. The minimum absolute atomic E-state index is 0.0877. The van der Waals surface area contributed by atoms with Gasteiger partial charge in [0.1, 0.15) is 62.4 Å². The van der Waals surface area contributed by atoms with E-state index in [9.17, 15) is 5.11 Å². The van der Waals surface area contributed by atoms with Crippen LogP contribution in [0.5, 0.6) is 12.0 Å². The molecule has 4 aliphatic heterocycles. The molecule has 1 N–H and O–H groups in total. The summed E-state index contributed by atoms with van der Waals surface area (Å²) in [6.45, 7) is 28.7. The summed E-state index contributed by atoms with van der Waals surface area (Å²) in [7, 11) is -4.34. The van der Waals surface area contributed by atoms with E-state index in [1.165, 1.54) is 0 Å². The van der Waals surface area contributed by atoms with E-state index in [1.54, 1.807) is 6.07 Å². The molecule has 0 bridgehead atoms. The number of hydrogen-bond acceptors (Lipinski definition) is 14. The Morgan fingerprint density at radius 2 is 1.05 bits per heavy atom. The van der Waals surface area contributed by atoms with Crippen LogP contribution in [0.4, 0.5) is 0 Å². The number of hydrogen-bond donors (Lipinski definition) is 1. The molecule has 362 valence electrons. The Morgan fingerprint density at radius 1 is 0.646 bits per heavy atom. The predicted molar refractivity (Wildman–Crippen MR) is 275 cm³/mol. The van der Waals surface area contributed by atoms with Crippen molar-refractivity contribution in [2.45, 2.75) is 153 Å². The Labute approximate surface area is 422 Å². The molecule has 4 aromatic rings. The number of fused-ring (bicyclic) bond motifs is 4. The molecule has 4 aliphatic rings. The highest BCUT2D eigenvalue weighted by atomic mass is 127. The first kappa shape index (κ1) is 52.0. The van der Waals surface area contributed by atoms with Gasteiger partial charge in [0.05, 0.1) is 42.6 Å². The molecule has 8 rings (SSSR count). The normalized spacial score (nSPS) is 25.9. The summed E-state index contributed by atoms with van der Waals surface area (Å²) in [4.78, 5) is 18.5. The van der Waals surface area contributed by atoms with Crippen molar-refractivity contribution in [2.24, 2.45) is 0 Å². The molecular formula is C42H64Cl2I2N6O10Si3. The van der Waals surface area contributed by atoms with Crippen LogP contribution < -0.4 is 9.47 Å². The van der Waals surface area contributed by atoms with Crippen molar-refractivity contribution in [3.05, 3.63) is 29.6 Å². The standard InChI is InChI=1S/C24H39ClIN3O5Si2.C18H25ClIN3O5Si/c1-24(2,3)36(7,8)34-18-13-32-19-17(12-31-20(18)19)33-23-27-16-11-15(25)21(26)28-22(16)29(23)14-30-9-10-35(4,5)6;1-29(2,3)5-4-25-9-23-17-11(6-10(19)16(20)22-17)21-18(23)28-13-8-27-14-12(24)7-26-15(13)14/h11,17-20H,9-10,12-14H2,1-8H3;6,12-15,24H,4-5,7-9H2,1-3H3/t17-,18-,19-,20-;12-,13-,14-,15-/m11/s1. The number of aromatic nitrogens is 6. The highest BCUT2D eigenvalue weighted by Crippen LogP contribution is 2.41. The van der Waals surface area contributed by atoms with Gasteiger partial charge in [-0.25, -0.2) is 9.97 Å². The fraction of sp³-hybridized carbons (Fsp3) is 0.714. The molecule has 4 saturated heterocycles. The largest absolute Gasteiger partial charge is 0.456 e. The zero-order valence-corrected chi connectivity index (χ0v) is 48.0.